The van der Waals surface area contributed by atoms with Crippen molar-refractivity contribution in [2.45, 2.75) is 58.4 Å². The normalized spacial score (nSPS) is 12.8. The molecule has 28 heavy (non-hydrogen) atoms. The van der Waals surface area contributed by atoms with Gasteiger partial charge in [-0.3, -0.25) is 4.90 Å². The topological polar surface area (TPSA) is 15.3 Å². The second kappa shape index (κ2) is 9.10. The van der Waals surface area contributed by atoms with E-state index >= 15 is 0 Å². The van der Waals surface area contributed by atoms with Crippen molar-refractivity contribution in [2.24, 2.45) is 0 Å². The molecule has 0 heterocycles. The van der Waals surface area contributed by atoms with Crippen molar-refractivity contribution in [3.8, 4) is 11.1 Å². The molecule has 1 N–H and O–H groups in total. The first kappa shape index (κ1) is 22.4. The lowest BCUT2D eigenvalue weighted by Gasteiger charge is -2.36. The number of halogens is 3. The number of benzene rings is 2. The number of alkyl halides is 3. The first-order valence-electron chi connectivity index (χ1n) is 9.66. The molecule has 0 saturated heterocycles. The highest BCUT2D eigenvalue weighted by molar-refractivity contribution is 5.64. The molecule has 0 bridgehead atoms. The summed E-state index contributed by atoms with van der Waals surface area (Å²) in [5.74, 6) is 0. The van der Waals surface area contributed by atoms with Gasteiger partial charge in [-0.05, 0) is 49.6 Å². The van der Waals surface area contributed by atoms with Crippen molar-refractivity contribution >= 4 is 0 Å². The number of likely N-dealkylation sites (N-methyl/N-ethyl adjacent to an activating group) is 1. The molecular weight excluding hydrogens is 361 g/mol. The van der Waals surface area contributed by atoms with E-state index in [-0.39, 0.29) is 0 Å². The van der Waals surface area contributed by atoms with E-state index in [2.05, 4.69) is 49.5 Å². The standard InChI is InChI=1S/C23H31F3N2/c1-17(2)27-15-18-9-11-20(12-10-18)21-8-6-7-19(13-21)14-22(3,4)28(5)16-23(24,25)26/h6-13,17,27H,14-16H2,1-5H3. The van der Waals surface area contributed by atoms with Crippen LogP contribution in [0.4, 0.5) is 13.2 Å². The first-order chi connectivity index (χ1) is 13.0. The molecular formula is C23H31F3N2. The van der Waals surface area contributed by atoms with E-state index in [1.54, 1.807) is 0 Å². The van der Waals surface area contributed by atoms with Crippen LogP contribution in [-0.4, -0.2) is 36.2 Å². The molecule has 0 aliphatic rings. The lowest BCUT2D eigenvalue weighted by atomic mass is 9.91. The van der Waals surface area contributed by atoms with E-state index in [0.717, 1.165) is 23.2 Å². The molecule has 0 unspecified atom stereocenters. The Balaban J connectivity index is 2.11. The molecule has 0 aliphatic carbocycles. The SMILES string of the molecule is CC(C)NCc1ccc(-c2cccc(CC(C)(C)N(C)CC(F)(F)F)c2)cc1. The minimum absolute atomic E-state index is 0.440. The number of nitrogens with zero attached hydrogens (tertiary/aromatic N) is 1. The van der Waals surface area contributed by atoms with Crippen molar-refractivity contribution in [2.75, 3.05) is 13.6 Å². The van der Waals surface area contributed by atoms with Crippen LogP contribution in [0.3, 0.4) is 0 Å². The van der Waals surface area contributed by atoms with Gasteiger partial charge in [0.25, 0.3) is 0 Å². The fraction of sp³-hybridized carbons (Fsp3) is 0.478. The average Bonchev–Trinajstić information content (AvgIpc) is 2.59. The van der Waals surface area contributed by atoms with Crippen LogP contribution in [0.15, 0.2) is 48.5 Å². The third-order valence-electron chi connectivity index (χ3n) is 5.02. The van der Waals surface area contributed by atoms with Crippen LogP contribution < -0.4 is 5.32 Å². The monoisotopic (exact) mass is 392 g/mol. The third-order valence-corrected chi connectivity index (χ3v) is 5.02. The summed E-state index contributed by atoms with van der Waals surface area (Å²) >= 11 is 0. The first-order valence-corrected chi connectivity index (χ1v) is 9.66. The fourth-order valence-corrected chi connectivity index (χ4v) is 3.12. The summed E-state index contributed by atoms with van der Waals surface area (Å²) in [5.41, 5.74) is 3.85. The van der Waals surface area contributed by atoms with Crippen LogP contribution in [0.5, 0.6) is 0 Å². The number of nitrogens with one attached hydrogen (secondary N) is 1. The zero-order valence-electron chi connectivity index (χ0n) is 17.4. The van der Waals surface area contributed by atoms with Crippen molar-refractivity contribution in [3.63, 3.8) is 0 Å². The van der Waals surface area contributed by atoms with Crippen molar-refractivity contribution in [1.29, 1.82) is 0 Å². The molecule has 0 spiro atoms. The minimum Gasteiger partial charge on any atom is -0.310 e. The van der Waals surface area contributed by atoms with Crippen LogP contribution in [0.2, 0.25) is 0 Å². The zero-order valence-corrected chi connectivity index (χ0v) is 17.4. The maximum absolute atomic E-state index is 12.7. The molecule has 2 aromatic carbocycles. The summed E-state index contributed by atoms with van der Waals surface area (Å²) in [6, 6.07) is 16.9. The maximum atomic E-state index is 12.7. The van der Waals surface area contributed by atoms with E-state index in [4.69, 9.17) is 0 Å². The summed E-state index contributed by atoms with van der Waals surface area (Å²) in [4.78, 5) is 1.37. The number of hydrogen-bond donors (Lipinski definition) is 1. The van der Waals surface area contributed by atoms with Crippen LogP contribution in [0.1, 0.15) is 38.8 Å². The Morgan fingerprint density at radius 3 is 2.14 bits per heavy atom. The summed E-state index contributed by atoms with van der Waals surface area (Å²) in [6.07, 6.45) is -3.65. The molecule has 0 fully saturated rings. The van der Waals surface area contributed by atoms with Gasteiger partial charge >= 0.3 is 6.18 Å². The summed E-state index contributed by atoms with van der Waals surface area (Å²) in [6.45, 7) is 7.86. The van der Waals surface area contributed by atoms with E-state index in [0.29, 0.717) is 12.5 Å². The van der Waals surface area contributed by atoms with Gasteiger partial charge in [0.15, 0.2) is 0 Å². The van der Waals surface area contributed by atoms with Gasteiger partial charge in [-0.15, -0.1) is 0 Å². The molecule has 5 heteroatoms. The fourth-order valence-electron chi connectivity index (χ4n) is 3.12. The van der Waals surface area contributed by atoms with Gasteiger partial charge in [-0.1, -0.05) is 62.4 Å². The van der Waals surface area contributed by atoms with Crippen LogP contribution >= 0.6 is 0 Å². The molecule has 0 saturated carbocycles. The van der Waals surface area contributed by atoms with Crippen molar-refractivity contribution in [1.82, 2.24) is 10.2 Å². The van der Waals surface area contributed by atoms with E-state index < -0.39 is 18.3 Å². The Morgan fingerprint density at radius 2 is 1.57 bits per heavy atom. The lowest BCUT2D eigenvalue weighted by Crippen LogP contribution is -2.47. The van der Waals surface area contributed by atoms with Gasteiger partial charge < -0.3 is 5.32 Å². The molecule has 2 nitrogen and oxygen atoms in total. The molecule has 0 atom stereocenters. The van der Waals surface area contributed by atoms with Gasteiger partial charge in [-0.2, -0.15) is 13.2 Å². The van der Waals surface area contributed by atoms with Crippen LogP contribution in [-0.2, 0) is 13.0 Å². The van der Waals surface area contributed by atoms with Gasteiger partial charge in [0.2, 0.25) is 0 Å². The predicted octanol–water partition coefficient (Wildman–Crippen LogP) is 5.67. The molecule has 0 aromatic heterocycles. The van der Waals surface area contributed by atoms with Crippen molar-refractivity contribution < 1.29 is 13.2 Å². The summed E-state index contributed by atoms with van der Waals surface area (Å²) < 4.78 is 38.2. The third kappa shape index (κ3) is 6.95. The molecule has 2 rings (SSSR count). The Morgan fingerprint density at radius 1 is 0.929 bits per heavy atom. The Kier molecular flexibility index (Phi) is 7.29. The maximum Gasteiger partial charge on any atom is 0.401 e. The largest absolute Gasteiger partial charge is 0.401 e. The molecule has 0 radical (unpaired) electrons. The van der Waals surface area contributed by atoms with E-state index in [9.17, 15) is 13.2 Å². The Labute approximate surface area is 166 Å². The van der Waals surface area contributed by atoms with Crippen molar-refractivity contribution in [3.05, 3.63) is 59.7 Å². The number of hydrogen-bond acceptors (Lipinski definition) is 2. The van der Waals surface area contributed by atoms with Gasteiger partial charge in [0.1, 0.15) is 0 Å². The van der Waals surface area contributed by atoms with Gasteiger partial charge in [0, 0.05) is 18.1 Å². The smallest absolute Gasteiger partial charge is 0.310 e. The summed E-state index contributed by atoms with van der Waals surface area (Å²) in [5, 5.41) is 3.40. The Hall–Kier alpha value is -1.85. The number of rotatable bonds is 8. The summed E-state index contributed by atoms with van der Waals surface area (Å²) in [7, 11) is 1.53. The van der Waals surface area contributed by atoms with E-state index in [1.165, 1.54) is 17.5 Å². The predicted molar refractivity (Wildman–Crippen MR) is 110 cm³/mol. The van der Waals surface area contributed by atoms with E-state index in [1.807, 2.05) is 32.0 Å². The van der Waals surface area contributed by atoms with Crippen LogP contribution in [0.25, 0.3) is 11.1 Å². The second-order valence-corrected chi connectivity index (χ2v) is 8.39. The zero-order chi connectivity index (χ0) is 20.9. The molecule has 2 aromatic rings. The second-order valence-electron chi connectivity index (χ2n) is 8.39. The average molecular weight is 393 g/mol. The highest BCUT2D eigenvalue weighted by Gasteiger charge is 2.35. The highest BCUT2D eigenvalue weighted by Crippen LogP contribution is 2.27. The molecule has 154 valence electrons. The quantitative estimate of drug-likeness (QED) is 0.623. The Bertz CT molecular complexity index is 749. The molecule has 0 amide bonds. The lowest BCUT2D eigenvalue weighted by molar-refractivity contribution is -0.153. The van der Waals surface area contributed by atoms with Crippen LogP contribution in [0, 0.1) is 0 Å². The highest BCUT2D eigenvalue weighted by atomic mass is 19.4. The molecule has 0 aliphatic heterocycles. The van der Waals surface area contributed by atoms with Gasteiger partial charge in [-0.25, -0.2) is 0 Å². The van der Waals surface area contributed by atoms with Gasteiger partial charge in [0.05, 0.1) is 6.54 Å². The minimum atomic E-state index is -4.19.